The molecule has 0 aromatic heterocycles. The van der Waals surface area contributed by atoms with Gasteiger partial charge in [0, 0.05) is 0 Å². The molecule has 0 bridgehead atoms. The quantitative estimate of drug-likeness (QED) is 0.356. The Morgan fingerprint density at radius 3 is 2.56 bits per heavy atom. The number of aryl methyl sites for hydroxylation is 2. The van der Waals surface area contributed by atoms with Gasteiger partial charge in [0.15, 0.2) is 0 Å². The van der Waals surface area contributed by atoms with Crippen molar-refractivity contribution < 1.29 is 0 Å². The molecule has 0 aliphatic heterocycles. The SMILES string of the molecule is IC1=Cc2ccc3cc(-c4ccc5c(c4)CCC=C5)ccc3c2CC1. The summed E-state index contributed by atoms with van der Waals surface area (Å²) in [5.41, 5.74) is 8.43. The van der Waals surface area contributed by atoms with Crippen LogP contribution in [-0.2, 0) is 12.8 Å². The Balaban J connectivity index is 1.62. The third-order valence-corrected chi connectivity index (χ3v) is 6.30. The minimum absolute atomic E-state index is 1.16. The van der Waals surface area contributed by atoms with Gasteiger partial charge in [-0.1, -0.05) is 54.6 Å². The van der Waals surface area contributed by atoms with Gasteiger partial charge >= 0.3 is 0 Å². The van der Waals surface area contributed by atoms with Gasteiger partial charge in [0.25, 0.3) is 0 Å². The number of fused-ring (bicyclic) bond motifs is 4. The van der Waals surface area contributed by atoms with Crippen molar-refractivity contribution in [3.05, 3.63) is 80.4 Å². The molecule has 0 radical (unpaired) electrons. The van der Waals surface area contributed by atoms with E-state index in [9.17, 15) is 0 Å². The fourth-order valence-corrected chi connectivity index (χ4v) is 4.71. The molecule has 0 unspecified atom stereocenters. The first-order valence-corrected chi connectivity index (χ1v) is 10.1. The number of hydrogen-bond donors (Lipinski definition) is 0. The fraction of sp³-hybridized carbons (Fsp3) is 0.167. The summed E-state index contributed by atoms with van der Waals surface area (Å²) >= 11 is 2.46. The third kappa shape index (κ3) is 2.75. The Morgan fingerprint density at radius 1 is 0.760 bits per heavy atom. The number of halogens is 1. The molecule has 122 valence electrons. The summed E-state index contributed by atoms with van der Waals surface area (Å²) in [5, 5.41) is 2.78. The van der Waals surface area contributed by atoms with E-state index < -0.39 is 0 Å². The number of hydrogen-bond acceptors (Lipinski definition) is 0. The molecule has 0 N–H and O–H groups in total. The highest BCUT2D eigenvalue weighted by Crippen LogP contribution is 2.35. The molecule has 5 rings (SSSR count). The van der Waals surface area contributed by atoms with E-state index in [2.05, 4.69) is 89.3 Å². The van der Waals surface area contributed by atoms with E-state index in [0.29, 0.717) is 0 Å². The van der Waals surface area contributed by atoms with Crippen molar-refractivity contribution in [2.75, 3.05) is 0 Å². The zero-order valence-electron chi connectivity index (χ0n) is 14.1. The molecule has 2 aliphatic rings. The predicted molar refractivity (Wildman–Crippen MR) is 117 cm³/mol. The molecular weight excluding hydrogens is 415 g/mol. The van der Waals surface area contributed by atoms with Crippen LogP contribution in [0.1, 0.15) is 35.1 Å². The fourth-order valence-electron chi connectivity index (χ4n) is 4.10. The normalized spacial score (nSPS) is 15.6. The van der Waals surface area contributed by atoms with Crippen molar-refractivity contribution in [3.63, 3.8) is 0 Å². The number of benzene rings is 3. The van der Waals surface area contributed by atoms with E-state index in [0.717, 1.165) is 19.3 Å². The van der Waals surface area contributed by atoms with Gasteiger partial charge in [-0.2, -0.15) is 0 Å². The molecule has 0 saturated carbocycles. The monoisotopic (exact) mass is 434 g/mol. The van der Waals surface area contributed by atoms with E-state index >= 15 is 0 Å². The molecule has 0 fully saturated rings. The molecule has 3 aromatic rings. The van der Waals surface area contributed by atoms with E-state index in [1.807, 2.05) is 0 Å². The van der Waals surface area contributed by atoms with Gasteiger partial charge in [0.05, 0.1) is 0 Å². The highest BCUT2D eigenvalue weighted by Gasteiger charge is 2.13. The van der Waals surface area contributed by atoms with Crippen molar-refractivity contribution in [1.82, 2.24) is 0 Å². The Hall–Kier alpha value is -1.87. The van der Waals surface area contributed by atoms with Crippen molar-refractivity contribution >= 4 is 45.5 Å². The van der Waals surface area contributed by atoms with Crippen LogP contribution in [-0.4, -0.2) is 0 Å². The average molecular weight is 434 g/mol. The number of allylic oxidation sites excluding steroid dienone is 2. The summed E-state index contributed by atoms with van der Waals surface area (Å²) in [5.74, 6) is 0. The van der Waals surface area contributed by atoms with E-state index in [-0.39, 0.29) is 0 Å². The van der Waals surface area contributed by atoms with Crippen molar-refractivity contribution in [1.29, 1.82) is 0 Å². The van der Waals surface area contributed by atoms with Gasteiger partial charge < -0.3 is 0 Å². The van der Waals surface area contributed by atoms with Gasteiger partial charge in [-0.25, -0.2) is 0 Å². The van der Waals surface area contributed by atoms with Crippen LogP contribution < -0.4 is 0 Å². The second kappa shape index (κ2) is 6.14. The molecule has 0 amide bonds. The lowest BCUT2D eigenvalue weighted by atomic mass is 9.89. The molecule has 25 heavy (non-hydrogen) atoms. The molecule has 0 atom stereocenters. The molecule has 1 heteroatoms. The maximum atomic E-state index is 2.46. The maximum absolute atomic E-state index is 2.46. The minimum atomic E-state index is 1.16. The zero-order chi connectivity index (χ0) is 16.8. The lowest BCUT2D eigenvalue weighted by molar-refractivity contribution is 0.986. The Kier molecular flexibility index (Phi) is 3.78. The zero-order valence-corrected chi connectivity index (χ0v) is 16.2. The van der Waals surface area contributed by atoms with Crippen LogP contribution in [0.5, 0.6) is 0 Å². The van der Waals surface area contributed by atoms with Crippen LogP contribution in [0.4, 0.5) is 0 Å². The smallest absolute Gasteiger partial charge is 0.00847 e. The number of rotatable bonds is 1. The van der Waals surface area contributed by atoms with Crippen LogP contribution in [0, 0.1) is 0 Å². The summed E-state index contributed by atoms with van der Waals surface area (Å²) in [6.07, 6.45) is 11.5. The molecule has 3 aromatic carbocycles. The third-order valence-electron chi connectivity index (χ3n) is 5.45. The van der Waals surface area contributed by atoms with E-state index in [4.69, 9.17) is 0 Å². The first-order valence-electron chi connectivity index (χ1n) is 8.99. The predicted octanol–water partition coefficient (Wildman–Crippen LogP) is 7.19. The van der Waals surface area contributed by atoms with Crippen molar-refractivity contribution in [2.45, 2.75) is 25.7 Å². The molecule has 0 spiro atoms. The summed E-state index contributed by atoms with van der Waals surface area (Å²) in [7, 11) is 0. The van der Waals surface area contributed by atoms with Crippen molar-refractivity contribution in [3.8, 4) is 11.1 Å². The molecule has 0 heterocycles. The summed E-state index contributed by atoms with van der Waals surface area (Å²) < 4.78 is 1.46. The van der Waals surface area contributed by atoms with E-state index in [1.165, 1.54) is 54.2 Å². The molecule has 0 saturated heterocycles. The topological polar surface area (TPSA) is 0 Å². The summed E-state index contributed by atoms with van der Waals surface area (Å²) in [4.78, 5) is 0. The van der Waals surface area contributed by atoms with E-state index in [1.54, 1.807) is 0 Å². The van der Waals surface area contributed by atoms with Gasteiger partial charge in [-0.3, -0.25) is 0 Å². The standard InChI is InChI=1S/C24H19I/c25-22-10-12-24-21(15-22)8-7-20-14-19(9-11-23(20)24)18-6-5-16-3-1-2-4-17(16)13-18/h1,3,5-9,11,13-15H,2,4,10,12H2. The summed E-state index contributed by atoms with van der Waals surface area (Å²) in [6.45, 7) is 0. The van der Waals surface area contributed by atoms with Gasteiger partial charge in [-0.05, 0) is 108 Å². The highest BCUT2D eigenvalue weighted by molar-refractivity contribution is 14.1. The maximum Gasteiger partial charge on any atom is -0.00847 e. The molecule has 2 aliphatic carbocycles. The van der Waals surface area contributed by atoms with Gasteiger partial charge in [-0.15, -0.1) is 0 Å². The summed E-state index contributed by atoms with van der Waals surface area (Å²) in [6, 6.07) is 18.5. The first kappa shape index (κ1) is 15.4. The minimum Gasteiger partial charge on any atom is -0.0836 e. The first-order chi connectivity index (χ1) is 12.3. The molecular formula is C24H19I. The molecule has 0 nitrogen and oxygen atoms in total. The Labute approximate surface area is 162 Å². The largest absolute Gasteiger partial charge is 0.0836 e. The van der Waals surface area contributed by atoms with Gasteiger partial charge in [0.1, 0.15) is 0 Å². The second-order valence-electron chi connectivity index (χ2n) is 7.02. The van der Waals surface area contributed by atoms with Crippen LogP contribution in [0.15, 0.2) is 58.2 Å². The lowest BCUT2D eigenvalue weighted by Gasteiger charge is -2.17. The van der Waals surface area contributed by atoms with Crippen molar-refractivity contribution in [2.24, 2.45) is 0 Å². The average Bonchev–Trinajstić information content (AvgIpc) is 2.66. The van der Waals surface area contributed by atoms with Crippen LogP contribution >= 0.6 is 22.6 Å². The van der Waals surface area contributed by atoms with Crippen LogP contribution in [0.3, 0.4) is 0 Å². The Morgan fingerprint density at radius 2 is 1.60 bits per heavy atom. The Bertz CT molecular complexity index is 1050. The highest BCUT2D eigenvalue weighted by atomic mass is 127. The van der Waals surface area contributed by atoms with Gasteiger partial charge in [0.2, 0.25) is 0 Å². The second-order valence-corrected chi connectivity index (χ2v) is 8.40. The lowest BCUT2D eigenvalue weighted by Crippen LogP contribution is -1.98. The van der Waals surface area contributed by atoms with Crippen LogP contribution in [0.25, 0.3) is 34.1 Å². The van der Waals surface area contributed by atoms with Crippen LogP contribution in [0.2, 0.25) is 0 Å².